The summed E-state index contributed by atoms with van der Waals surface area (Å²) >= 11 is 0. The highest BCUT2D eigenvalue weighted by atomic mass is 16.2. The zero-order valence-electron chi connectivity index (χ0n) is 10.7. The van der Waals surface area contributed by atoms with E-state index in [1.54, 1.807) is 36.7 Å². The molecule has 102 valence electrons. The number of hydrogen-bond acceptors (Lipinski definition) is 3. The van der Waals surface area contributed by atoms with Crippen LogP contribution in [0.2, 0.25) is 0 Å². The van der Waals surface area contributed by atoms with Crippen LogP contribution >= 0.6 is 0 Å². The van der Waals surface area contributed by atoms with Crippen molar-refractivity contribution in [3.63, 3.8) is 0 Å². The van der Waals surface area contributed by atoms with E-state index in [2.05, 4.69) is 15.6 Å². The Hall–Kier alpha value is -2.89. The van der Waals surface area contributed by atoms with Gasteiger partial charge in [0.25, 0.3) is 5.91 Å². The van der Waals surface area contributed by atoms with Crippen LogP contribution in [0.25, 0.3) is 0 Å². The third-order valence-corrected chi connectivity index (χ3v) is 2.62. The second-order valence-corrected chi connectivity index (χ2v) is 4.10. The van der Waals surface area contributed by atoms with Gasteiger partial charge in [-0.25, -0.2) is 4.79 Å². The van der Waals surface area contributed by atoms with E-state index in [4.69, 9.17) is 5.73 Å². The minimum atomic E-state index is -0.639. The van der Waals surface area contributed by atoms with Crippen LogP contribution in [0.15, 0.2) is 48.8 Å². The van der Waals surface area contributed by atoms with Gasteiger partial charge in [-0.3, -0.25) is 9.78 Å². The SMILES string of the molecule is NC(=O)Nc1ccc(C(=O)NCc2ccncc2)cc1. The van der Waals surface area contributed by atoms with Crippen LogP contribution in [0, 0.1) is 0 Å². The molecule has 6 nitrogen and oxygen atoms in total. The highest BCUT2D eigenvalue weighted by molar-refractivity contribution is 5.95. The molecule has 2 aromatic rings. The van der Waals surface area contributed by atoms with Crippen LogP contribution < -0.4 is 16.4 Å². The van der Waals surface area contributed by atoms with E-state index >= 15 is 0 Å². The van der Waals surface area contributed by atoms with E-state index in [0.29, 0.717) is 17.8 Å². The normalized spacial score (nSPS) is 9.80. The number of urea groups is 1. The van der Waals surface area contributed by atoms with Crippen molar-refractivity contribution in [1.82, 2.24) is 10.3 Å². The molecule has 2 rings (SSSR count). The molecule has 1 aromatic carbocycles. The summed E-state index contributed by atoms with van der Waals surface area (Å²) in [5.74, 6) is -0.188. The topological polar surface area (TPSA) is 97.1 Å². The van der Waals surface area contributed by atoms with Gasteiger partial charge in [0.05, 0.1) is 0 Å². The monoisotopic (exact) mass is 270 g/mol. The molecule has 20 heavy (non-hydrogen) atoms. The van der Waals surface area contributed by atoms with Gasteiger partial charge in [-0.2, -0.15) is 0 Å². The highest BCUT2D eigenvalue weighted by Crippen LogP contribution is 2.09. The Balaban J connectivity index is 1.94. The lowest BCUT2D eigenvalue weighted by Crippen LogP contribution is -2.23. The Morgan fingerprint density at radius 1 is 1.05 bits per heavy atom. The summed E-state index contributed by atoms with van der Waals surface area (Å²) in [4.78, 5) is 26.5. The van der Waals surface area contributed by atoms with E-state index in [9.17, 15) is 9.59 Å². The highest BCUT2D eigenvalue weighted by Gasteiger charge is 2.05. The fourth-order valence-corrected chi connectivity index (χ4v) is 1.63. The molecular formula is C14H14N4O2. The van der Waals surface area contributed by atoms with E-state index in [-0.39, 0.29) is 5.91 Å². The largest absolute Gasteiger partial charge is 0.351 e. The zero-order valence-corrected chi connectivity index (χ0v) is 10.7. The van der Waals surface area contributed by atoms with Crippen molar-refractivity contribution in [2.45, 2.75) is 6.54 Å². The van der Waals surface area contributed by atoms with Gasteiger partial charge in [-0.1, -0.05) is 0 Å². The first-order valence-corrected chi connectivity index (χ1v) is 5.99. The van der Waals surface area contributed by atoms with Crippen LogP contribution in [0.1, 0.15) is 15.9 Å². The quantitative estimate of drug-likeness (QED) is 0.785. The standard InChI is InChI=1S/C14H14N4O2/c15-14(20)18-12-3-1-11(2-4-12)13(19)17-9-10-5-7-16-8-6-10/h1-8H,9H2,(H,17,19)(H3,15,18,20). The van der Waals surface area contributed by atoms with E-state index < -0.39 is 6.03 Å². The fraction of sp³-hybridized carbons (Fsp3) is 0.0714. The van der Waals surface area contributed by atoms with E-state index in [1.165, 1.54) is 0 Å². The number of nitrogens with one attached hydrogen (secondary N) is 2. The predicted molar refractivity (Wildman–Crippen MR) is 75.1 cm³/mol. The number of primary amides is 1. The lowest BCUT2D eigenvalue weighted by Gasteiger charge is -2.06. The average molecular weight is 270 g/mol. The number of carbonyl (C=O) groups excluding carboxylic acids is 2. The number of hydrogen-bond donors (Lipinski definition) is 3. The molecule has 0 unspecified atom stereocenters. The van der Waals surface area contributed by atoms with Gasteiger partial charge in [0, 0.05) is 30.2 Å². The Morgan fingerprint density at radius 2 is 1.70 bits per heavy atom. The minimum Gasteiger partial charge on any atom is -0.351 e. The minimum absolute atomic E-state index is 0.188. The maximum Gasteiger partial charge on any atom is 0.316 e. The Kier molecular flexibility index (Phi) is 4.28. The molecule has 6 heteroatoms. The predicted octanol–water partition coefficient (Wildman–Crippen LogP) is 1.50. The van der Waals surface area contributed by atoms with Crippen molar-refractivity contribution in [2.75, 3.05) is 5.32 Å². The fourth-order valence-electron chi connectivity index (χ4n) is 1.63. The van der Waals surface area contributed by atoms with Crippen LogP contribution in [-0.2, 0) is 6.54 Å². The maximum absolute atomic E-state index is 11.9. The first-order chi connectivity index (χ1) is 9.65. The average Bonchev–Trinajstić information content (AvgIpc) is 2.46. The maximum atomic E-state index is 11.9. The molecule has 1 aromatic heterocycles. The molecule has 0 saturated carbocycles. The van der Waals surface area contributed by atoms with Crippen molar-refractivity contribution < 1.29 is 9.59 Å². The number of anilines is 1. The van der Waals surface area contributed by atoms with Crippen molar-refractivity contribution in [3.05, 3.63) is 59.9 Å². The van der Waals surface area contributed by atoms with Crippen LogP contribution in [0.4, 0.5) is 10.5 Å². The van der Waals surface area contributed by atoms with Gasteiger partial charge in [-0.05, 0) is 42.0 Å². The Morgan fingerprint density at radius 3 is 2.30 bits per heavy atom. The second kappa shape index (κ2) is 6.33. The molecule has 0 aliphatic heterocycles. The molecule has 0 aliphatic rings. The van der Waals surface area contributed by atoms with Gasteiger partial charge < -0.3 is 16.4 Å². The van der Waals surface area contributed by atoms with Gasteiger partial charge in [-0.15, -0.1) is 0 Å². The molecule has 4 N–H and O–H groups in total. The zero-order chi connectivity index (χ0) is 14.4. The van der Waals surface area contributed by atoms with Gasteiger partial charge in [0.1, 0.15) is 0 Å². The van der Waals surface area contributed by atoms with Gasteiger partial charge >= 0.3 is 6.03 Å². The number of nitrogens with zero attached hydrogens (tertiary/aromatic N) is 1. The molecule has 1 heterocycles. The summed E-state index contributed by atoms with van der Waals surface area (Å²) < 4.78 is 0. The molecule has 0 spiro atoms. The molecule has 0 radical (unpaired) electrons. The van der Waals surface area contributed by atoms with Crippen LogP contribution in [0.5, 0.6) is 0 Å². The number of carbonyl (C=O) groups is 2. The molecule has 0 aliphatic carbocycles. The summed E-state index contributed by atoms with van der Waals surface area (Å²) in [7, 11) is 0. The number of pyridine rings is 1. The van der Waals surface area contributed by atoms with Gasteiger partial charge in [0.15, 0.2) is 0 Å². The Labute approximate surface area is 116 Å². The van der Waals surface area contributed by atoms with Crippen molar-refractivity contribution in [3.8, 4) is 0 Å². The van der Waals surface area contributed by atoms with Crippen LogP contribution in [0.3, 0.4) is 0 Å². The Bertz CT molecular complexity index is 596. The number of rotatable bonds is 4. The molecule has 0 atom stereocenters. The first-order valence-electron chi connectivity index (χ1n) is 5.99. The van der Waals surface area contributed by atoms with Crippen molar-refractivity contribution in [2.24, 2.45) is 5.73 Å². The summed E-state index contributed by atoms with van der Waals surface area (Å²) in [6.45, 7) is 0.433. The molecule has 0 fully saturated rings. The number of aromatic nitrogens is 1. The van der Waals surface area contributed by atoms with Crippen LogP contribution in [-0.4, -0.2) is 16.9 Å². The number of nitrogens with two attached hydrogens (primary N) is 1. The molecule has 0 bridgehead atoms. The smallest absolute Gasteiger partial charge is 0.316 e. The first kappa shape index (κ1) is 13.5. The summed E-state index contributed by atoms with van der Waals surface area (Å²) in [6, 6.07) is 9.50. The van der Waals surface area contributed by atoms with Gasteiger partial charge in [0.2, 0.25) is 0 Å². The lowest BCUT2D eigenvalue weighted by atomic mass is 10.2. The van der Waals surface area contributed by atoms with Crippen molar-refractivity contribution in [1.29, 1.82) is 0 Å². The third kappa shape index (κ3) is 3.81. The second-order valence-electron chi connectivity index (χ2n) is 4.10. The summed E-state index contributed by atoms with van der Waals surface area (Å²) in [5.41, 5.74) is 7.03. The lowest BCUT2D eigenvalue weighted by molar-refractivity contribution is 0.0951. The third-order valence-electron chi connectivity index (χ3n) is 2.62. The number of amides is 3. The van der Waals surface area contributed by atoms with E-state index in [0.717, 1.165) is 5.56 Å². The van der Waals surface area contributed by atoms with E-state index in [1.807, 2.05) is 12.1 Å². The van der Waals surface area contributed by atoms with Crippen molar-refractivity contribution >= 4 is 17.6 Å². The molecule has 0 saturated heterocycles. The number of benzene rings is 1. The summed E-state index contributed by atoms with van der Waals surface area (Å²) in [6.07, 6.45) is 3.34. The molecular weight excluding hydrogens is 256 g/mol. The summed E-state index contributed by atoms with van der Waals surface area (Å²) in [5, 5.41) is 5.23. The molecule has 3 amide bonds.